The molecule has 10 nitrogen and oxygen atoms in total. The zero-order chi connectivity index (χ0) is 24.3. The molecule has 1 amide bonds. The highest BCUT2D eigenvalue weighted by Crippen LogP contribution is 2.34. The Labute approximate surface area is 204 Å². The minimum atomic E-state index is -3.59. The molecule has 0 aliphatic carbocycles. The van der Waals surface area contributed by atoms with Gasteiger partial charge in [-0.25, -0.2) is 8.42 Å². The average molecular weight is 508 g/mol. The second kappa shape index (κ2) is 7.82. The number of thioether (sulfide) groups is 1. The third kappa shape index (κ3) is 3.70. The van der Waals surface area contributed by atoms with Crippen LogP contribution < -0.4 is 9.47 Å². The van der Waals surface area contributed by atoms with Crippen LogP contribution in [0.5, 0.6) is 11.5 Å². The van der Waals surface area contributed by atoms with Crippen LogP contribution in [0.25, 0.3) is 17.0 Å². The van der Waals surface area contributed by atoms with Gasteiger partial charge in [0.15, 0.2) is 17.3 Å². The Bertz CT molecular complexity index is 1650. The molecule has 0 fully saturated rings. The highest BCUT2D eigenvalue weighted by atomic mass is 32.3. The second-order valence-electron chi connectivity index (χ2n) is 8.08. The van der Waals surface area contributed by atoms with Gasteiger partial charge in [-0.1, -0.05) is 24.3 Å². The van der Waals surface area contributed by atoms with Gasteiger partial charge >= 0.3 is 0 Å². The monoisotopic (exact) mass is 507 g/mol. The number of amides is 1. The van der Waals surface area contributed by atoms with Crippen LogP contribution in [0.1, 0.15) is 11.1 Å². The number of hydrogen-bond donors (Lipinski definition) is 1. The molecule has 0 saturated heterocycles. The summed E-state index contributed by atoms with van der Waals surface area (Å²) in [7, 11) is -3.59. The highest BCUT2D eigenvalue weighted by Gasteiger charge is 2.38. The first-order valence-electron chi connectivity index (χ1n) is 10.4. The molecule has 0 atom stereocenters. The summed E-state index contributed by atoms with van der Waals surface area (Å²) in [6, 6.07) is 13.5. The molecule has 3 aliphatic rings. The van der Waals surface area contributed by atoms with Crippen molar-refractivity contribution in [2.75, 3.05) is 13.0 Å². The maximum absolute atomic E-state index is 12.8. The van der Waals surface area contributed by atoms with Crippen molar-refractivity contribution in [1.82, 2.24) is 9.58 Å². The molecule has 35 heavy (non-hydrogen) atoms. The van der Waals surface area contributed by atoms with Crippen LogP contribution in [-0.4, -0.2) is 52.3 Å². The molecule has 2 aromatic carbocycles. The Hall–Kier alpha value is -3.90. The fourth-order valence-electron chi connectivity index (χ4n) is 4.04. The Morgan fingerprint density at radius 1 is 1.17 bits per heavy atom. The number of carbonyl (C=O) groups is 1. The lowest BCUT2D eigenvalue weighted by Crippen LogP contribution is -2.35. The zero-order valence-electron chi connectivity index (χ0n) is 18.3. The number of ether oxygens (including phenoxy) is 2. The minimum Gasteiger partial charge on any atom is -0.454 e. The summed E-state index contributed by atoms with van der Waals surface area (Å²) >= 11 is 0.759. The van der Waals surface area contributed by atoms with Crippen molar-refractivity contribution in [3.63, 3.8) is 0 Å². The quantitative estimate of drug-likeness (QED) is 0.540. The smallest absolute Gasteiger partial charge is 0.283 e. The minimum absolute atomic E-state index is 0.0267. The van der Waals surface area contributed by atoms with E-state index in [0.29, 0.717) is 18.0 Å². The maximum atomic E-state index is 12.8. The number of rotatable bonds is 3. The normalized spacial score (nSPS) is 18.3. The van der Waals surface area contributed by atoms with Crippen molar-refractivity contribution >= 4 is 59.9 Å². The van der Waals surface area contributed by atoms with E-state index in [1.54, 1.807) is 6.08 Å². The summed E-state index contributed by atoms with van der Waals surface area (Å²) in [4.78, 5) is 16.8. The number of amidine groups is 2. The van der Waals surface area contributed by atoms with Gasteiger partial charge in [0.25, 0.3) is 5.91 Å². The summed E-state index contributed by atoms with van der Waals surface area (Å²) in [5.74, 6) is 0.575. The molecule has 0 unspecified atom stereocenters. The number of hydrazone groups is 1. The third-order valence-corrected chi connectivity index (χ3v) is 8.24. The van der Waals surface area contributed by atoms with Crippen LogP contribution >= 0.6 is 11.8 Å². The van der Waals surface area contributed by atoms with Gasteiger partial charge in [0.1, 0.15) is 0 Å². The molecule has 176 valence electrons. The van der Waals surface area contributed by atoms with E-state index in [-0.39, 0.29) is 27.7 Å². The first-order chi connectivity index (χ1) is 16.8. The Morgan fingerprint density at radius 2 is 1.97 bits per heavy atom. The molecular weight excluding hydrogens is 490 g/mol. The lowest BCUT2D eigenvalue weighted by atomic mass is 10.1. The van der Waals surface area contributed by atoms with E-state index in [1.807, 2.05) is 48.7 Å². The van der Waals surface area contributed by atoms with Crippen LogP contribution in [0, 0.1) is 5.41 Å². The molecule has 0 bridgehead atoms. The van der Waals surface area contributed by atoms with Crippen LogP contribution in [0.4, 0.5) is 0 Å². The predicted molar refractivity (Wildman–Crippen MR) is 133 cm³/mol. The molecular formula is C23H17N5O5S2. The molecule has 4 heterocycles. The van der Waals surface area contributed by atoms with E-state index < -0.39 is 15.7 Å². The number of nitrogens with one attached hydrogen (secondary N) is 1. The average Bonchev–Trinajstić information content (AvgIpc) is 3.54. The molecule has 0 saturated carbocycles. The predicted octanol–water partition coefficient (Wildman–Crippen LogP) is 3.04. The molecule has 0 spiro atoms. The first kappa shape index (κ1) is 21.6. The van der Waals surface area contributed by atoms with E-state index >= 15 is 0 Å². The number of hydrogen-bond acceptors (Lipinski definition) is 8. The van der Waals surface area contributed by atoms with E-state index in [2.05, 4.69) is 14.7 Å². The van der Waals surface area contributed by atoms with Gasteiger partial charge in [-0.3, -0.25) is 10.2 Å². The SMILES string of the molecule is CS(=O)(=O)C1=NN2C(=N)/C(=C/c3cn(Cc4ccc5c(c4)OCO5)c4ccccc34)C(=O)N=C2S1. The molecule has 3 aliphatic heterocycles. The number of nitrogens with zero attached hydrogens (tertiary/aromatic N) is 4. The summed E-state index contributed by atoms with van der Waals surface area (Å²) in [6.45, 7) is 0.761. The molecule has 3 aromatic rings. The number of benzene rings is 2. The van der Waals surface area contributed by atoms with Crippen molar-refractivity contribution in [2.24, 2.45) is 10.1 Å². The number of carbonyl (C=O) groups excluding carboxylic acids is 1. The van der Waals surface area contributed by atoms with E-state index in [9.17, 15) is 13.2 Å². The van der Waals surface area contributed by atoms with Gasteiger partial charge in [-0.15, -0.1) is 5.10 Å². The first-order valence-corrected chi connectivity index (χ1v) is 13.2. The molecule has 12 heteroatoms. The van der Waals surface area contributed by atoms with Crippen molar-refractivity contribution in [1.29, 1.82) is 5.41 Å². The van der Waals surface area contributed by atoms with Gasteiger partial charge < -0.3 is 14.0 Å². The van der Waals surface area contributed by atoms with Gasteiger partial charge in [-0.2, -0.15) is 10.0 Å². The Kier molecular flexibility index (Phi) is 4.83. The van der Waals surface area contributed by atoms with Gasteiger partial charge in [0, 0.05) is 35.5 Å². The number of aromatic nitrogens is 1. The topological polar surface area (TPSA) is 126 Å². The fraction of sp³-hybridized carbons (Fsp3) is 0.130. The molecule has 1 aromatic heterocycles. The lowest BCUT2D eigenvalue weighted by molar-refractivity contribution is -0.114. The van der Waals surface area contributed by atoms with Crippen molar-refractivity contribution in [3.8, 4) is 11.5 Å². The van der Waals surface area contributed by atoms with Crippen molar-refractivity contribution in [2.45, 2.75) is 6.54 Å². The highest BCUT2D eigenvalue weighted by molar-refractivity contribution is 8.42. The van der Waals surface area contributed by atoms with Gasteiger partial charge in [-0.05, 0) is 41.6 Å². The lowest BCUT2D eigenvalue weighted by Gasteiger charge is -2.19. The Balaban J connectivity index is 1.39. The summed E-state index contributed by atoms with van der Waals surface area (Å²) < 4.78 is 36.5. The van der Waals surface area contributed by atoms with E-state index in [1.165, 1.54) is 0 Å². The van der Waals surface area contributed by atoms with E-state index in [4.69, 9.17) is 14.9 Å². The molecule has 1 N–H and O–H groups in total. The molecule has 0 radical (unpaired) electrons. The maximum Gasteiger partial charge on any atom is 0.283 e. The van der Waals surface area contributed by atoms with Crippen LogP contribution in [0.15, 0.2) is 64.3 Å². The fourth-order valence-corrected chi connectivity index (χ4v) is 5.72. The van der Waals surface area contributed by atoms with Gasteiger partial charge in [0.05, 0.1) is 5.57 Å². The third-order valence-electron chi connectivity index (χ3n) is 5.66. The van der Waals surface area contributed by atoms with Crippen molar-refractivity contribution in [3.05, 3.63) is 65.4 Å². The second-order valence-corrected chi connectivity index (χ2v) is 11.2. The summed E-state index contributed by atoms with van der Waals surface area (Å²) in [5, 5.41) is 14.5. The zero-order valence-corrected chi connectivity index (χ0v) is 19.9. The standard InChI is InChI=1S/C23H17N5O5S2/c1-35(30,31)23-26-28-20(24)16(21(29)25-22(28)34-23)9-14-11-27(17-5-3-2-4-15(14)17)10-13-6-7-18-19(8-13)33-12-32-18/h2-9,11,24H,10,12H2,1H3/b16-9-,24-20?. The largest absolute Gasteiger partial charge is 0.454 e. The Morgan fingerprint density at radius 3 is 2.80 bits per heavy atom. The van der Waals surface area contributed by atoms with Crippen molar-refractivity contribution < 1.29 is 22.7 Å². The number of aliphatic imine (C=N–C) groups is 1. The van der Waals surface area contributed by atoms with E-state index in [0.717, 1.165) is 45.1 Å². The number of para-hydroxylation sites is 1. The van der Waals surface area contributed by atoms with Crippen LogP contribution in [-0.2, 0) is 21.2 Å². The van der Waals surface area contributed by atoms with Crippen LogP contribution in [0.2, 0.25) is 0 Å². The number of sulfone groups is 1. The summed E-state index contributed by atoms with van der Waals surface area (Å²) in [6.07, 6.45) is 4.53. The molecule has 6 rings (SSSR count). The summed E-state index contributed by atoms with van der Waals surface area (Å²) in [5.41, 5.74) is 2.72. The van der Waals surface area contributed by atoms with Gasteiger partial charge in [0.2, 0.25) is 26.2 Å². The van der Waals surface area contributed by atoms with Crippen LogP contribution in [0.3, 0.4) is 0 Å². The number of fused-ring (bicyclic) bond motifs is 3.